The van der Waals surface area contributed by atoms with Crippen molar-refractivity contribution in [3.63, 3.8) is 0 Å². The van der Waals surface area contributed by atoms with E-state index in [1.54, 1.807) is 24.3 Å². The lowest BCUT2D eigenvalue weighted by molar-refractivity contribution is -0.384. The number of hydrogen-bond donors (Lipinski definition) is 2. The number of methoxy groups -OCH3 is 1. The molecule has 9 heteroatoms. The molecule has 2 aromatic rings. The number of esters is 1. The van der Waals surface area contributed by atoms with Gasteiger partial charge in [-0.15, -0.1) is 12.4 Å². The van der Waals surface area contributed by atoms with Crippen LogP contribution in [-0.2, 0) is 21.4 Å². The molecule has 0 unspecified atom stereocenters. The molecule has 8 nitrogen and oxygen atoms in total. The van der Waals surface area contributed by atoms with E-state index in [-0.39, 0.29) is 23.5 Å². The predicted molar refractivity (Wildman–Crippen MR) is 116 cm³/mol. The van der Waals surface area contributed by atoms with Crippen molar-refractivity contribution in [1.82, 2.24) is 0 Å². The summed E-state index contributed by atoms with van der Waals surface area (Å²) < 4.78 is 4.47. The van der Waals surface area contributed by atoms with Crippen LogP contribution in [0.25, 0.3) is 0 Å². The number of benzene rings is 2. The van der Waals surface area contributed by atoms with E-state index in [0.717, 1.165) is 11.1 Å². The fourth-order valence-corrected chi connectivity index (χ4v) is 2.36. The number of non-ortho nitro benzene ring substituents is 1. The molecule has 0 spiro atoms. The number of nitro groups is 1. The van der Waals surface area contributed by atoms with Crippen molar-refractivity contribution in [2.45, 2.75) is 38.6 Å². The maximum absolute atomic E-state index is 11.0. The van der Waals surface area contributed by atoms with Gasteiger partial charge in [-0.3, -0.25) is 14.9 Å². The fourth-order valence-electron chi connectivity index (χ4n) is 2.36. The minimum atomic E-state index is -0.875. The van der Waals surface area contributed by atoms with Crippen molar-refractivity contribution in [3.8, 4) is 0 Å². The van der Waals surface area contributed by atoms with Gasteiger partial charge in [-0.05, 0) is 35.1 Å². The van der Waals surface area contributed by atoms with Crippen molar-refractivity contribution in [2.75, 3.05) is 7.11 Å². The molecule has 0 aliphatic rings. The number of carbonyl (C=O) groups is 2. The zero-order valence-corrected chi connectivity index (χ0v) is 18.1. The maximum atomic E-state index is 11.0. The Labute approximate surface area is 181 Å². The Morgan fingerprint density at radius 3 is 1.97 bits per heavy atom. The Hall–Kier alpha value is -2.97. The highest BCUT2D eigenvalue weighted by molar-refractivity contribution is 5.87. The highest BCUT2D eigenvalue weighted by Crippen LogP contribution is 2.22. The second-order valence-corrected chi connectivity index (χ2v) is 7.39. The van der Waals surface area contributed by atoms with E-state index in [1.807, 2.05) is 12.1 Å². The molecule has 0 bridgehead atoms. The SMILES string of the molecule is CC(C)(C)c1ccc(C(=O)O)cc1.COC(=O)[C@@H](N)Cc1ccc([N+](=O)[O-])cc1.Cl. The number of rotatable bonds is 5. The summed E-state index contributed by atoms with van der Waals surface area (Å²) in [7, 11) is 1.26. The second-order valence-electron chi connectivity index (χ2n) is 7.39. The van der Waals surface area contributed by atoms with Crippen LogP contribution in [-0.4, -0.2) is 35.1 Å². The quantitative estimate of drug-likeness (QED) is 0.412. The molecular formula is C21H27ClN2O6. The first-order chi connectivity index (χ1) is 13.5. The van der Waals surface area contributed by atoms with E-state index < -0.39 is 22.9 Å². The molecule has 164 valence electrons. The minimum Gasteiger partial charge on any atom is -0.478 e. The van der Waals surface area contributed by atoms with E-state index >= 15 is 0 Å². The molecule has 2 aromatic carbocycles. The molecule has 0 radical (unpaired) electrons. The van der Waals surface area contributed by atoms with Gasteiger partial charge < -0.3 is 15.6 Å². The number of nitrogens with two attached hydrogens (primary N) is 1. The van der Waals surface area contributed by atoms with Gasteiger partial charge in [-0.2, -0.15) is 0 Å². The third-order valence-electron chi connectivity index (χ3n) is 4.10. The number of ether oxygens (including phenoxy) is 1. The van der Waals surface area contributed by atoms with Crippen molar-refractivity contribution in [3.05, 3.63) is 75.3 Å². The van der Waals surface area contributed by atoms with Gasteiger partial charge in [-0.25, -0.2) is 4.79 Å². The number of nitrogens with zero attached hydrogens (tertiary/aromatic N) is 1. The first kappa shape index (κ1) is 27.0. The minimum absolute atomic E-state index is 0. The summed E-state index contributed by atoms with van der Waals surface area (Å²) in [4.78, 5) is 31.5. The fraction of sp³-hybridized carbons (Fsp3) is 0.333. The van der Waals surface area contributed by atoms with Crippen LogP contribution in [0.1, 0.15) is 42.3 Å². The molecule has 30 heavy (non-hydrogen) atoms. The molecule has 0 aliphatic heterocycles. The van der Waals surface area contributed by atoms with Gasteiger partial charge in [0.1, 0.15) is 6.04 Å². The molecular weight excluding hydrogens is 412 g/mol. The number of carboxylic acid groups (broad SMARTS) is 1. The lowest BCUT2D eigenvalue weighted by atomic mass is 9.87. The standard InChI is InChI=1S/C11H14O2.C10H12N2O4.ClH/c1-11(2,3)9-6-4-8(5-7-9)10(12)13;1-16-10(13)9(11)6-7-2-4-8(5-3-7)12(14)15;/h4-7H,1-3H3,(H,12,13);2-5,9H,6,11H2,1H3;1H/t;9-;/m.0./s1. The molecule has 0 saturated carbocycles. The molecule has 0 fully saturated rings. The molecule has 0 heterocycles. The molecule has 0 saturated heterocycles. The van der Waals surface area contributed by atoms with Gasteiger partial charge in [-0.1, -0.05) is 45.0 Å². The second kappa shape index (κ2) is 11.9. The summed E-state index contributed by atoms with van der Waals surface area (Å²) in [6, 6.07) is 12.2. The third kappa shape index (κ3) is 8.59. The van der Waals surface area contributed by atoms with Gasteiger partial charge in [0.05, 0.1) is 17.6 Å². The average Bonchev–Trinajstić information content (AvgIpc) is 2.67. The number of nitro benzene ring substituents is 1. The lowest BCUT2D eigenvalue weighted by Gasteiger charge is -2.18. The average molecular weight is 439 g/mol. The van der Waals surface area contributed by atoms with Crippen molar-refractivity contribution >= 4 is 30.0 Å². The Balaban J connectivity index is 0.000000553. The Bertz CT molecular complexity index is 845. The Morgan fingerprint density at radius 1 is 1.10 bits per heavy atom. The molecule has 0 aliphatic carbocycles. The van der Waals surface area contributed by atoms with E-state index in [4.69, 9.17) is 10.8 Å². The van der Waals surface area contributed by atoms with Gasteiger partial charge >= 0.3 is 11.9 Å². The van der Waals surface area contributed by atoms with Crippen LogP contribution in [0.5, 0.6) is 0 Å². The normalized spacial score (nSPS) is 11.2. The number of halogens is 1. The van der Waals surface area contributed by atoms with E-state index in [2.05, 4.69) is 25.5 Å². The van der Waals surface area contributed by atoms with E-state index in [1.165, 1.54) is 19.2 Å². The number of aromatic carboxylic acids is 1. The third-order valence-corrected chi connectivity index (χ3v) is 4.10. The lowest BCUT2D eigenvalue weighted by Crippen LogP contribution is -2.33. The summed E-state index contributed by atoms with van der Waals surface area (Å²) in [5.41, 5.74) is 7.88. The zero-order valence-electron chi connectivity index (χ0n) is 17.3. The van der Waals surface area contributed by atoms with Crippen molar-refractivity contribution in [2.24, 2.45) is 5.73 Å². The molecule has 0 aromatic heterocycles. The Kier molecular flexibility index (Phi) is 10.7. The first-order valence-electron chi connectivity index (χ1n) is 8.86. The highest BCUT2D eigenvalue weighted by atomic mass is 35.5. The smallest absolute Gasteiger partial charge is 0.335 e. The number of carbonyl (C=O) groups excluding carboxylic acids is 1. The van der Waals surface area contributed by atoms with Crippen LogP contribution in [0.3, 0.4) is 0 Å². The van der Waals surface area contributed by atoms with Gasteiger partial charge in [0.15, 0.2) is 0 Å². The van der Waals surface area contributed by atoms with E-state index in [0.29, 0.717) is 12.0 Å². The number of carboxylic acids is 1. The van der Waals surface area contributed by atoms with Gasteiger partial charge in [0, 0.05) is 12.1 Å². The van der Waals surface area contributed by atoms with Crippen molar-refractivity contribution in [1.29, 1.82) is 0 Å². The predicted octanol–water partition coefficient (Wildman–Crippen LogP) is 3.74. The first-order valence-corrected chi connectivity index (χ1v) is 8.86. The van der Waals surface area contributed by atoms with Crippen LogP contribution in [0, 0.1) is 10.1 Å². The van der Waals surface area contributed by atoms with Crippen molar-refractivity contribution < 1.29 is 24.4 Å². The van der Waals surface area contributed by atoms with Crippen LogP contribution >= 0.6 is 12.4 Å². The van der Waals surface area contributed by atoms with Crippen LogP contribution < -0.4 is 5.73 Å². The van der Waals surface area contributed by atoms with Gasteiger partial charge in [0.25, 0.3) is 5.69 Å². The van der Waals surface area contributed by atoms with Gasteiger partial charge in [0.2, 0.25) is 0 Å². The highest BCUT2D eigenvalue weighted by Gasteiger charge is 2.15. The summed E-state index contributed by atoms with van der Waals surface area (Å²) >= 11 is 0. The summed E-state index contributed by atoms with van der Waals surface area (Å²) in [5.74, 6) is -1.38. The van der Waals surface area contributed by atoms with E-state index in [9.17, 15) is 19.7 Å². The molecule has 0 amide bonds. The molecule has 2 rings (SSSR count). The Morgan fingerprint density at radius 2 is 1.60 bits per heavy atom. The topological polar surface area (TPSA) is 133 Å². The zero-order chi connectivity index (χ0) is 22.2. The maximum Gasteiger partial charge on any atom is 0.335 e. The molecule has 3 N–H and O–H groups in total. The monoisotopic (exact) mass is 438 g/mol. The number of hydrogen-bond acceptors (Lipinski definition) is 6. The van der Waals surface area contributed by atoms with Crippen LogP contribution in [0.4, 0.5) is 5.69 Å². The molecule has 1 atom stereocenters. The summed E-state index contributed by atoms with van der Waals surface area (Å²) in [6.45, 7) is 6.30. The van der Waals surface area contributed by atoms with Crippen LogP contribution in [0.2, 0.25) is 0 Å². The summed E-state index contributed by atoms with van der Waals surface area (Å²) in [6.07, 6.45) is 0.296. The summed E-state index contributed by atoms with van der Waals surface area (Å²) in [5, 5.41) is 19.1. The van der Waals surface area contributed by atoms with Crippen LogP contribution in [0.15, 0.2) is 48.5 Å². The largest absolute Gasteiger partial charge is 0.478 e.